The maximum Gasteiger partial charge on any atom is 0.315 e. The number of unbranched alkanes of at least 4 members (excludes halogenated alkanes) is 3. The summed E-state index contributed by atoms with van der Waals surface area (Å²) in [5.41, 5.74) is 0.816. The van der Waals surface area contributed by atoms with Crippen LogP contribution in [0.3, 0.4) is 0 Å². The van der Waals surface area contributed by atoms with Gasteiger partial charge in [-0.15, -0.1) is 0 Å². The molecule has 2 aliphatic rings. The molecule has 2 heterocycles. The number of rotatable bonds is 24. The molecule has 5 amide bonds. The monoisotopic (exact) mass is 747 g/mol. The molecule has 4 rings (SSSR count). The van der Waals surface area contributed by atoms with E-state index in [9.17, 15) is 27.6 Å². The fraction of sp³-hybridized carbons (Fsp3) is 0.543. The van der Waals surface area contributed by atoms with Crippen LogP contribution in [0.5, 0.6) is 0 Å². The highest BCUT2D eigenvalue weighted by Gasteiger charge is 2.42. The van der Waals surface area contributed by atoms with Crippen LogP contribution in [-0.2, 0) is 28.6 Å². The first-order valence-corrected chi connectivity index (χ1v) is 19.9. The van der Waals surface area contributed by atoms with Crippen LogP contribution in [0, 0.1) is 0 Å². The van der Waals surface area contributed by atoms with Gasteiger partial charge in [-0.3, -0.25) is 18.6 Å². The van der Waals surface area contributed by atoms with Crippen LogP contribution < -0.4 is 26.6 Å². The van der Waals surface area contributed by atoms with Crippen molar-refractivity contribution in [3.8, 4) is 0 Å². The lowest BCUT2D eigenvalue weighted by Gasteiger charge is -2.16. The van der Waals surface area contributed by atoms with Crippen LogP contribution in [0.2, 0.25) is 0 Å². The van der Waals surface area contributed by atoms with Gasteiger partial charge in [-0.2, -0.15) is 20.2 Å². The topological polar surface area (TPSA) is 190 Å². The number of amides is 5. The van der Waals surface area contributed by atoms with Gasteiger partial charge in [0.1, 0.15) is 0 Å². The molecule has 0 aromatic heterocycles. The maximum atomic E-state index is 12.6. The van der Waals surface area contributed by atoms with Gasteiger partial charge in [0.15, 0.2) is 0 Å². The molecule has 2 aliphatic heterocycles. The highest BCUT2D eigenvalue weighted by atomic mass is 32.2. The van der Waals surface area contributed by atoms with Crippen LogP contribution in [-0.4, -0.2) is 108 Å². The Morgan fingerprint density at radius 2 is 1.43 bits per heavy atom. The van der Waals surface area contributed by atoms with Crippen LogP contribution >= 0.6 is 11.8 Å². The summed E-state index contributed by atoms with van der Waals surface area (Å²) in [6.45, 7) is 1.99. The number of urea groups is 1. The lowest BCUT2D eigenvalue weighted by atomic mass is 10.0. The molecule has 0 spiro atoms. The highest BCUT2D eigenvalue weighted by Crippen LogP contribution is 2.33. The summed E-state index contributed by atoms with van der Waals surface area (Å²) in [5, 5.41) is 14.8. The lowest BCUT2D eigenvalue weighted by molar-refractivity contribution is -0.121. The second-order valence-corrected chi connectivity index (χ2v) is 15.1. The molecule has 0 bridgehead atoms. The molecule has 5 N–H and O–H groups in total. The normalized spacial score (nSPS) is 18.0. The summed E-state index contributed by atoms with van der Waals surface area (Å²) in [6, 6.07) is 15.0. The zero-order chi connectivity index (χ0) is 36.3. The van der Waals surface area contributed by atoms with Crippen molar-refractivity contribution in [3.63, 3.8) is 0 Å². The molecular formula is C35H49N5O9S2. The molecule has 0 unspecified atom stereocenters. The van der Waals surface area contributed by atoms with Gasteiger partial charge < -0.3 is 36.1 Å². The first-order chi connectivity index (χ1) is 24.7. The zero-order valence-electron chi connectivity index (χ0n) is 28.7. The van der Waals surface area contributed by atoms with E-state index in [0.29, 0.717) is 49.9 Å². The number of hydrogen-bond donors (Lipinski definition) is 5. The molecule has 3 atom stereocenters. The Labute approximate surface area is 304 Å². The summed E-state index contributed by atoms with van der Waals surface area (Å²) in [4.78, 5) is 48.1. The molecule has 0 aliphatic carbocycles. The Balaban J connectivity index is 0.964. The van der Waals surface area contributed by atoms with Crippen LogP contribution in [0.25, 0.3) is 0 Å². The van der Waals surface area contributed by atoms with Crippen molar-refractivity contribution >= 4 is 45.6 Å². The van der Waals surface area contributed by atoms with Gasteiger partial charge in [-0.25, -0.2) is 4.79 Å². The quantitative estimate of drug-likeness (QED) is 0.0607. The highest BCUT2D eigenvalue weighted by molar-refractivity contribution is 8.00. The van der Waals surface area contributed by atoms with Gasteiger partial charge in [-0.05, 0) is 62.4 Å². The maximum absolute atomic E-state index is 12.6. The number of fused-ring (bicyclic) bond motifs is 1. The smallest absolute Gasteiger partial charge is 0.315 e. The Kier molecular flexibility index (Phi) is 17.0. The summed E-state index contributed by atoms with van der Waals surface area (Å²) in [6.07, 6.45) is 5.40. The molecule has 2 aromatic rings. The number of carbonyl (C=O) groups is 4. The number of benzene rings is 2. The number of nitrogens with one attached hydrogen (secondary N) is 5. The third-order valence-electron chi connectivity index (χ3n) is 8.33. The number of carbonyl (C=O) groups excluding carboxylic acids is 4. The molecule has 280 valence electrons. The van der Waals surface area contributed by atoms with Gasteiger partial charge in [0.05, 0.1) is 50.0 Å². The van der Waals surface area contributed by atoms with E-state index in [4.69, 9.17) is 13.7 Å². The zero-order valence-corrected chi connectivity index (χ0v) is 30.4. The minimum atomic E-state index is -4.10. The largest absolute Gasteiger partial charge is 0.377 e. The van der Waals surface area contributed by atoms with Crippen LogP contribution in [0.1, 0.15) is 65.7 Å². The van der Waals surface area contributed by atoms with Crippen LogP contribution in [0.4, 0.5) is 4.79 Å². The Morgan fingerprint density at radius 3 is 2.20 bits per heavy atom. The number of hydrogen-bond acceptors (Lipinski definition) is 10. The van der Waals surface area contributed by atoms with Gasteiger partial charge >= 0.3 is 6.03 Å². The standard InChI is InChI=1S/C35H49N5O9S2/c41-31(15-6-5-14-30-32-29(25-50-30)39-35(44)40-32)36-18-19-47-20-21-48-22-23-49-51(45,46)28-13-9-12-27(24-28)34(43)38-17-8-2-7-16-37-33(42)26-10-3-1-4-11-26/h1,3-4,9-13,24,29-30,32H,2,5-8,14-23,25H2,(H,36,41)(H,37,42)(H,38,43)(H2,39,40,44)/t29-,30-,32-/m0/s1. The van der Waals surface area contributed by atoms with Crippen molar-refractivity contribution in [2.24, 2.45) is 0 Å². The van der Waals surface area contributed by atoms with Crippen molar-refractivity contribution < 1.29 is 41.3 Å². The van der Waals surface area contributed by atoms with E-state index in [1.54, 1.807) is 12.1 Å². The van der Waals surface area contributed by atoms with Gasteiger partial charge in [0, 0.05) is 48.2 Å². The fourth-order valence-electron chi connectivity index (χ4n) is 5.63. The summed E-state index contributed by atoms with van der Waals surface area (Å²) >= 11 is 1.87. The average Bonchev–Trinajstić information content (AvgIpc) is 3.69. The fourth-order valence-corrected chi connectivity index (χ4v) is 8.12. The first-order valence-electron chi connectivity index (χ1n) is 17.4. The van der Waals surface area contributed by atoms with E-state index in [1.807, 2.05) is 30.0 Å². The Morgan fingerprint density at radius 1 is 0.745 bits per heavy atom. The summed E-state index contributed by atoms with van der Waals surface area (Å²) in [5.74, 6) is 0.394. The molecule has 2 aromatic carbocycles. The van der Waals surface area contributed by atoms with E-state index in [1.165, 1.54) is 24.3 Å². The molecule has 2 fully saturated rings. The van der Waals surface area contributed by atoms with Crippen molar-refractivity contribution in [3.05, 3.63) is 65.7 Å². The third-order valence-corrected chi connectivity index (χ3v) is 11.1. The SMILES string of the molecule is O=C(CCCC[C@@H]1SC[C@@H]2NC(=O)N[C@@H]21)NCCOCCOCCOS(=O)(=O)c1cccc(C(=O)NCCCCCNC(=O)c2ccccc2)c1. The van der Waals surface area contributed by atoms with Gasteiger partial charge in [0.25, 0.3) is 21.9 Å². The minimum Gasteiger partial charge on any atom is -0.377 e. The second kappa shape index (κ2) is 21.6. The molecule has 51 heavy (non-hydrogen) atoms. The van der Waals surface area contributed by atoms with Gasteiger partial charge in [0.2, 0.25) is 5.91 Å². The Bertz CT molecular complexity index is 1530. The van der Waals surface area contributed by atoms with Crippen LogP contribution in [0.15, 0.2) is 59.5 Å². The van der Waals surface area contributed by atoms with Crippen molar-refractivity contribution in [2.75, 3.05) is 58.4 Å². The summed E-state index contributed by atoms with van der Waals surface area (Å²) in [7, 11) is -4.10. The predicted octanol–water partition coefficient (Wildman–Crippen LogP) is 2.60. The predicted molar refractivity (Wildman–Crippen MR) is 193 cm³/mol. The van der Waals surface area contributed by atoms with E-state index in [2.05, 4.69) is 26.6 Å². The van der Waals surface area contributed by atoms with E-state index in [-0.39, 0.29) is 72.7 Å². The van der Waals surface area contributed by atoms with Crippen molar-refractivity contribution in [2.45, 2.75) is 67.2 Å². The van der Waals surface area contributed by atoms with E-state index < -0.39 is 10.1 Å². The average molecular weight is 748 g/mol. The second-order valence-electron chi connectivity index (χ2n) is 12.2. The molecular weight excluding hydrogens is 699 g/mol. The molecule has 14 nitrogen and oxygen atoms in total. The van der Waals surface area contributed by atoms with E-state index in [0.717, 1.165) is 37.9 Å². The van der Waals surface area contributed by atoms with Gasteiger partial charge in [-0.1, -0.05) is 30.7 Å². The molecule has 0 radical (unpaired) electrons. The van der Waals surface area contributed by atoms with E-state index >= 15 is 0 Å². The van der Waals surface area contributed by atoms with Crippen molar-refractivity contribution in [1.82, 2.24) is 26.6 Å². The lowest BCUT2D eigenvalue weighted by Crippen LogP contribution is -2.36. The number of thioether (sulfide) groups is 1. The molecule has 2 saturated heterocycles. The Hall–Kier alpha value is -3.70. The number of ether oxygens (including phenoxy) is 2. The third kappa shape index (κ3) is 14.1. The first kappa shape index (κ1) is 40.1. The van der Waals surface area contributed by atoms with Crippen molar-refractivity contribution in [1.29, 1.82) is 0 Å². The summed E-state index contributed by atoms with van der Waals surface area (Å²) < 4.78 is 41.2. The minimum absolute atomic E-state index is 0.0261. The molecule has 16 heteroatoms. The molecule has 0 saturated carbocycles.